The lowest BCUT2D eigenvalue weighted by molar-refractivity contribution is 0.171. The van der Waals surface area contributed by atoms with Gasteiger partial charge < -0.3 is 9.47 Å². The zero-order chi connectivity index (χ0) is 17.4. The standard InChI is InChI=1S/C17H14BrFN4O2/c1-10-6-11(2-3-14(10)19)17-20-22-23(21-17)9-12-7-15-16(8-13(12)18)25-5-4-24-15/h2-3,6-8H,4-5,9H2,1H3. The number of ether oxygens (including phenoxy) is 2. The maximum atomic E-state index is 13.4. The van der Waals surface area contributed by atoms with E-state index in [9.17, 15) is 4.39 Å². The number of benzene rings is 2. The largest absolute Gasteiger partial charge is 0.486 e. The molecule has 2 aromatic carbocycles. The van der Waals surface area contributed by atoms with Gasteiger partial charge in [0, 0.05) is 10.0 Å². The Kier molecular flexibility index (Phi) is 4.12. The van der Waals surface area contributed by atoms with E-state index in [0.29, 0.717) is 36.9 Å². The molecule has 4 rings (SSSR count). The summed E-state index contributed by atoms with van der Waals surface area (Å²) in [7, 11) is 0. The number of tetrazole rings is 1. The van der Waals surface area contributed by atoms with Crippen LogP contribution in [0, 0.1) is 12.7 Å². The molecule has 1 aromatic heterocycles. The minimum atomic E-state index is -0.253. The summed E-state index contributed by atoms with van der Waals surface area (Å²) < 4.78 is 25.4. The molecule has 128 valence electrons. The Morgan fingerprint density at radius 2 is 1.92 bits per heavy atom. The van der Waals surface area contributed by atoms with E-state index in [4.69, 9.17) is 9.47 Å². The monoisotopic (exact) mass is 404 g/mol. The quantitative estimate of drug-likeness (QED) is 0.669. The molecule has 6 nitrogen and oxygen atoms in total. The van der Waals surface area contributed by atoms with E-state index < -0.39 is 0 Å². The number of aromatic nitrogens is 4. The van der Waals surface area contributed by atoms with Gasteiger partial charge in [-0.25, -0.2) is 4.39 Å². The van der Waals surface area contributed by atoms with Crippen molar-refractivity contribution in [2.45, 2.75) is 13.5 Å². The molecule has 0 N–H and O–H groups in total. The maximum Gasteiger partial charge on any atom is 0.204 e. The van der Waals surface area contributed by atoms with E-state index in [1.54, 1.807) is 19.1 Å². The van der Waals surface area contributed by atoms with E-state index in [2.05, 4.69) is 31.3 Å². The van der Waals surface area contributed by atoms with Gasteiger partial charge in [-0.3, -0.25) is 0 Å². The second-order valence-corrected chi connectivity index (χ2v) is 6.55. The number of aryl methyl sites for hydroxylation is 1. The van der Waals surface area contributed by atoms with E-state index >= 15 is 0 Å². The summed E-state index contributed by atoms with van der Waals surface area (Å²) in [4.78, 5) is 1.49. The van der Waals surface area contributed by atoms with Gasteiger partial charge in [-0.15, -0.1) is 10.2 Å². The number of halogens is 2. The summed E-state index contributed by atoms with van der Waals surface area (Å²) >= 11 is 3.54. The van der Waals surface area contributed by atoms with E-state index in [-0.39, 0.29) is 5.82 Å². The summed E-state index contributed by atoms with van der Waals surface area (Å²) in [6, 6.07) is 8.54. The van der Waals surface area contributed by atoms with Gasteiger partial charge in [-0.2, -0.15) is 4.80 Å². The first-order valence-corrected chi connectivity index (χ1v) is 8.52. The predicted octanol–water partition coefficient (Wildman–Crippen LogP) is 3.37. The number of fused-ring (bicyclic) bond motifs is 1. The molecule has 0 saturated carbocycles. The second kappa shape index (κ2) is 6.44. The predicted molar refractivity (Wildman–Crippen MR) is 92.2 cm³/mol. The minimum Gasteiger partial charge on any atom is -0.486 e. The number of nitrogens with zero attached hydrogens (tertiary/aromatic N) is 4. The van der Waals surface area contributed by atoms with Crippen molar-refractivity contribution in [3.63, 3.8) is 0 Å². The Hall–Kier alpha value is -2.48. The first kappa shape index (κ1) is 16.0. The summed E-state index contributed by atoms with van der Waals surface area (Å²) in [6.07, 6.45) is 0. The van der Waals surface area contributed by atoms with Gasteiger partial charge in [0.2, 0.25) is 5.82 Å². The molecule has 0 aliphatic carbocycles. The van der Waals surface area contributed by atoms with Crippen LogP contribution in [0.5, 0.6) is 11.5 Å². The van der Waals surface area contributed by atoms with Crippen molar-refractivity contribution in [1.82, 2.24) is 20.2 Å². The normalized spacial score (nSPS) is 13.1. The molecule has 0 radical (unpaired) electrons. The van der Waals surface area contributed by atoms with Crippen molar-refractivity contribution in [2.75, 3.05) is 13.2 Å². The van der Waals surface area contributed by atoms with Gasteiger partial charge in [0.15, 0.2) is 11.5 Å². The molecule has 0 amide bonds. The molecule has 8 heteroatoms. The Balaban J connectivity index is 1.60. The summed E-state index contributed by atoms with van der Waals surface area (Å²) in [5, 5.41) is 12.5. The highest BCUT2D eigenvalue weighted by atomic mass is 79.9. The molecule has 1 aliphatic heterocycles. The molecule has 3 aromatic rings. The van der Waals surface area contributed by atoms with Crippen LogP contribution in [0.15, 0.2) is 34.8 Å². The van der Waals surface area contributed by atoms with Crippen molar-refractivity contribution in [3.05, 3.63) is 51.7 Å². The minimum absolute atomic E-state index is 0.253. The molecule has 0 fully saturated rings. The first-order chi connectivity index (χ1) is 12.1. The average Bonchev–Trinajstić information content (AvgIpc) is 3.06. The molecule has 0 unspecified atom stereocenters. The fourth-order valence-corrected chi connectivity index (χ4v) is 3.04. The lowest BCUT2D eigenvalue weighted by Gasteiger charge is -2.19. The average molecular weight is 405 g/mol. The zero-order valence-corrected chi connectivity index (χ0v) is 15.0. The third-order valence-corrected chi connectivity index (χ3v) is 4.63. The highest BCUT2D eigenvalue weighted by Gasteiger charge is 2.16. The Bertz CT molecular complexity index is 944. The Morgan fingerprint density at radius 1 is 1.16 bits per heavy atom. The van der Waals surface area contributed by atoms with E-state index in [1.165, 1.54) is 10.9 Å². The fourth-order valence-electron chi connectivity index (χ4n) is 2.59. The molecule has 25 heavy (non-hydrogen) atoms. The van der Waals surface area contributed by atoms with Crippen LogP contribution in [0.25, 0.3) is 11.4 Å². The smallest absolute Gasteiger partial charge is 0.204 e. The number of hydrogen-bond acceptors (Lipinski definition) is 5. The molecular formula is C17H14BrFN4O2. The van der Waals surface area contributed by atoms with Gasteiger partial charge in [0.1, 0.15) is 19.0 Å². The van der Waals surface area contributed by atoms with Crippen LogP contribution in [-0.4, -0.2) is 33.4 Å². The van der Waals surface area contributed by atoms with E-state index in [1.807, 2.05) is 12.1 Å². The molecule has 1 aliphatic rings. The van der Waals surface area contributed by atoms with Gasteiger partial charge in [0.25, 0.3) is 0 Å². The third-order valence-electron chi connectivity index (χ3n) is 3.89. The SMILES string of the molecule is Cc1cc(-c2nnn(Cc3cc4c(cc3Br)OCCO4)n2)ccc1F. The van der Waals surface area contributed by atoms with Crippen LogP contribution >= 0.6 is 15.9 Å². The maximum absolute atomic E-state index is 13.4. The van der Waals surface area contributed by atoms with Crippen LogP contribution in [-0.2, 0) is 6.54 Å². The topological polar surface area (TPSA) is 62.1 Å². The van der Waals surface area contributed by atoms with Crippen molar-refractivity contribution in [1.29, 1.82) is 0 Å². The van der Waals surface area contributed by atoms with Crippen molar-refractivity contribution < 1.29 is 13.9 Å². The fraction of sp³-hybridized carbons (Fsp3) is 0.235. The van der Waals surface area contributed by atoms with E-state index in [0.717, 1.165) is 21.3 Å². The summed E-state index contributed by atoms with van der Waals surface area (Å²) in [5.41, 5.74) is 2.22. The van der Waals surface area contributed by atoms with Crippen LogP contribution in [0.1, 0.15) is 11.1 Å². The highest BCUT2D eigenvalue weighted by molar-refractivity contribution is 9.10. The van der Waals surface area contributed by atoms with Crippen molar-refractivity contribution in [3.8, 4) is 22.9 Å². The molecule has 0 atom stereocenters. The lowest BCUT2D eigenvalue weighted by atomic mass is 10.1. The van der Waals surface area contributed by atoms with Gasteiger partial charge in [0.05, 0.1) is 6.54 Å². The van der Waals surface area contributed by atoms with Crippen LogP contribution in [0.3, 0.4) is 0 Å². The van der Waals surface area contributed by atoms with Crippen molar-refractivity contribution >= 4 is 15.9 Å². The lowest BCUT2D eigenvalue weighted by Crippen LogP contribution is -2.16. The molecule has 0 saturated heterocycles. The van der Waals surface area contributed by atoms with Crippen LogP contribution in [0.4, 0.5) is 4.39 Å². The summed E-state index contributed by atoms with van der Waals surface area (Å²) in [5.74, 6) is 1.63. The van der Waals surface area contributed by atoms with Gasteiger partial charge in [-0.1, -0.05) is 15.9 Å². The second-order valence-electron chi connectivity index (χ2n) is 5.69. The Morgan fingerprint density at radius 3 is 2.68 bits per heavy atom. The van der Waals surface area contributed by atoms with Gasteiger partial charge >= 0.3 is 0 Å². The highest BCUT2D eigenvalue weighted by Crippen LogP contribution is 2.35. The van der Waals surface area contributed by atoms with Gasteiger partial charge in [-0.05, 0) is 53.6 Å². The molecule has 2 heterocycles. The van der Waals surface area contributed by atoms with Crippen molar-refractivity contribution in [2.24, 2.45) is 0 Å². The summed E-state index contributed by atoms with van der Waals surface area (Å²) in [6.45, 7) is 3.20. The number of hydrogen-bond donors (Lipinski definition) is 0. The molecule has 0 spiro atoms. The third kappa shape index (κ3) is 3.21. The zero-order valence-electron chi connectivity index (χ0n) is 13.4. The van der Waals surface area contributed by atoms with Crippen LogP contribution in [0.2, 0.25) is 0 Å². The first-order valence-electron chi connectivity index (χ1n) is 7.72. The van der Waals surface area contributed by atoms with Crippen LogP contribution < -0.4 is 9.47 Å². The molecular weight excluding hydrogens is 391 g/mol. The Labute approximate surface area is 151 Å². The molecule has 0 bridgehead atoms. The number of rotatable bonds is 3.